The molecule has 0 aromatic heterocycles. The van der Waals surface area contributed by atoms with Crippen LogP contribution in [0.15, 0.2) is 0 Å². The van der Waals surface area contributed by atoms with E-state index in [1.165, 1.54) is 0 Å². The van der Waals surface area contributed by atoms with E-state index in [-0.39, 0.29) is 34.8 Å². The number of carbonyl (C=O) groups excluding carboxylic acids is 3. The van der Waals surface area contributed by atoms with Crippen LogP contribution >= 0.6 is 0 Å². The number of carbonyl (C=O) groups is 3. The third-order valence-electron chi connectivity index (χ3n) is 3.31. The summed E-state index contributed by atoms with van der Waals surface area (Å²) in [5.74, 6) is -0.659. The van der Waals surface area contributed by atoms with E-state index >= 15 is 0 Å². The number of rotatable bonds is 7. The van der Waals surface area contributed by atoms with Gasteiger partial charge in [-0.05, 0) is 18.3 Å². The molecule has 0 bridgehead atoms. The largest absolute Gasteiger partial charge is 0.345 e. The maximum absolute atomic E-state index is 12.3. The van der Waals surface area contributed by atoms with E-state index in [9.17, 15) is 14.4 Å². The van der Waals surface area contributed by atoms with Crippen molar-refractivity contribution in [3.8, 4) is 0 Å². The summed E-state index contributed by atoms with van der Waals surface area (Å²) < 4.78 is 0. The van der Waals surface area contributed by atoms with Crippen molar-refractivity contribution in [1.82, 2.24) is 10.6 Å². The second kappa shape index (κ2) is 8.30. The van der Waals surface area contributed by atoms with Crippen molar-refractivity contribution in [3.63, 3.8) is 0 Å². The Morgan fingerprint density at radius 3 is 1.77 bits per heavy atom. The molecule has 0 aromatic rings. The molecule has 2 N–H and O–H groups in total. The first-order chi connectivity index (χ1) is 9.85. The number of hydrogen-bond acceptors (Lipinski definition) is 3. The van der Waals surface area contributed by atoms with Crippen LogP contribution in [0, 0.1) is 17.3 Å². The number of Topliss-reactive ketones (excluding diaryl/α,β-unsaturated/α-hetero) is 1. The van der Waals surface area contributed by atoms with Gasteiger partial charge in [0.1, 0.15) is 6.04 Å². The van der Waals surface area contributed by atoms with Gasteiger partial charge in [-0.15, -0.1) is 0 Å². The number of hydrogen-bond donors (Lipinski definition) is 2. The standard InChI is InChI=1S/C17H32N2O3/c1-10(2)14(19-13(20)9-17(6,7)8)16(22)18-12(5)15(21)11(3)4/h10-12,14H,9H2,1-8H3,(H,18,22)(H,19,20)/t12-,14?/m0/s1. The molecule has 2 amide bonds. The van der Waals surface area contributed by atoms with E-state index in [0.29, 0.717) is 6.42 Å². The first-order valence-electron chi connectivity index (χ1n) is 7.98. The average molecular weight is 312 g/mol. The maximum atomic E-state index is 12.3. The lowest BCUT2D eigenvalue weighted by atomic mass is 9.91. The fraction of sp³-hybridized carbons (Fsp3) is 0.824. The van der Waals surface area contributed by atoms with E-state index < -0.39 is 12.1 Å². The van der Waals surface area contributed by atoms with Crippen molar-refractivity contribution in [3.05, 3.63) is 0 Å². The minimum absolute atomic E-state index is 0.0168. The molecular formula is C17H32N2O3. The molecule has 0 fully saturated rings. The number of amides is 2. The van der Waals surface area contributed by atoms with E-state index in [0.717, 1.165) is 0 Å². The van der Waals surface area contributed by atoms with E-state index in [2.05, 4.69) is 10.6 Å². The summed E-state index contributed by atoms with van der Waals surface area (Å²) in [5, 5.41) is 5.49. The molecule has 5 nitrogen and oxygen atoms in total. The molecule has 0 spiro atoms. The lowest BCUT2D eigenvalue weighted by molar-refractivity contribution is -0.133. The van der Waals surface area contributed by atoms with Gasteiger partial charge in [-0.25, -0.2) is 0 Å². The van der Waals surface area contributed by atoms with Crippen LogP contribution in [0.5, 0.6) is 0 Å². The topological polar surface area (TPSA) is 75.3 Å². The van der Waals surface area contributed by atoms with E-state index in [1.807, 2.05) is 34.6 Å². The smallest absolute Gasteiger partial charge is 0.243 e. The molecule has 128 valence electrons. The Hall–Kier alpha value is -1.39. The van der Waals surface area contributed by atoms with Gasteiger partial charge in [-0.3, -0.25) is 14.4 Å². The van der Waals surface area contributed by atoms with Crippen LogP contribution in [0.1, 0.15) is 61.8 Å². The van der Waals surface area contributed by atoms with E-state index in [4.69, 9.17) is 0 Å². The van der Waals surface area contributed by atoms with Gasteiger partial charge in [0.25, 0.3) is 0 Å². The highest BCUT2D eigenvalue weighted by Gasteiger charge is 2.28. The van der Waals surface area contributed by atoms with Crippen LogP contribution in [0.4, 0.5) is 0 Å². The summed E-state index contributed by atoms with van der Waals surface area (Å²) in [5.41, 5.74) is -0.136. The van der Waals surface area contributed by atoms with Gasteiger partial charge >= 0.3 is 0 Å². The summed E-state index contributed by atoms with van der Waals surface area (Å²) >= 11 is 0. The molecule has 0 aliphatic heterocycles. The Bertz CT molecular complexity index is 409. The molecule has 0 aliphatic rings. The quantitative estimate of drug-likeness (QED) is 0.757. The highest BCUT2D eigenvalue weighted by molar-refractivity contribution is 5.93. The highest BCUT2D eigenvalue weighted by atomic mass is 16.2. The van der Waals surface area contributed by atoms with Crippen LogP contribution in [0.25, 0.3) is 0 Å². The molecule has 0 aromatic carbocycles. The van der Waals surface area contributed by atoms with Crippen LogP contribution in [-0.2, 0) is 14.4 Å². The van der Waals surface area contributed by atoms with Gasteiger partial charge in [0.2, 0.25) is 11.8 Å². The fourth-order valence-corrected chi connectivity index (χ4v) is 2.12. The first-order valence-corrected chi connectivity index (χ1v) is 7.98. The highest BCUT2D eigenvalue weighted by Crippen LogP contribution is 2.18. The van der Waals surface area contributed by atoms with Crippen LogP contribution < -0.4 is 10.6 Å². The second-order valence-corrected chi connectivity index (χ2v) is 7.81. The molecule has 22 heavy (non-hydrogen) atoms. The average Bonchev–Trinajstić information content (AvgIpc) is 2.31. The Kier molecular flexibility index (Phi) is 7.77. The molecule has 0 heterocycles. The minimum Gasteiger partial charge on any atom is -0.345 e. The van der Waals surface area contributed by atoms with Crippen molar-refractivity contribution in [2.24, 2.45) is 17.3 Å². The van der Waals surface area contributed by atoms with E-state index in [1.54, 1.807) is 20.8 Å². The lowest BCUT2D eigenvalue weighted by Gasteiger charge is -2.26. The van der Waals surface area contributed by atoms with Crippen molar-refractivity contribution < 1.29 is 14.4 Å². The van der Waals surface area contributed by atoms with Crippen molar-refractivity contribution in [2.45, 2.75) is 73.9 Å². The molecule has 0 radical (unpaired) electrons. The summed E-state index contributed by atoms with van der Waals surface area (Å²) in [6.07, 6.45) is 0.351. The third-order valence-corrected chi connectivity index (χ3v) is 3.31. The zero-order valence-electron chi connectivity index (χ0n) is 15.2. The molecule has 0 aliphatic carbocycles. The van der Waals surface area contributed by atoms with Gasteiger partial charge in [0.05, 0.1) is 6.04 Å². The van der Waals surface area contributed by atoms with Gasteiger partial charge in [0.15, 0.2) is 5.78 Å². The Balaban J connectivity index is 4.79. The summed E-state index contributed by atoms with van der Waals surface area (Å²) in [6.45, 7) is 14.9. The second-order valence-electron chi connectivity index (χ2n) is 7.81. The van der Waals surface area contributed by atoms with Crippen LogP contribution in [0.2, 0.25) is 0 Å². The zero-order chi connectivity index (χ0) is 17.7. The SMILES string of the molecule is CC(C)C(=O)[C@H](C)NC(=O)C(NC(=O)CC(C)(C)C)C(C)C. The number of ketones is 1. The van der Waals surface area contributed by atoms with Gasteiger partial charge in [-0.1, -0.05) is 48.5 Å². The fourth-order valence-electron chi connectivity index (χ4n) is 2.12. The lowest BCUT2D eigenvalue weighted by Crippen LogP contribution is -2.53. The summed E-state index contributed by atoms with van der Waals surface area (Å²) in [7, 11) is 0. The summed E-state index contributed by atoms with van der Waals surface area (Å²) in [4.78, 5) is 36.3. The zero-order valence-corrected chi connectivity index (χ0v) is 15.2. The van der Waals surface area contributed by atoms with Crippen molar-refractivity contribution in [1.29, 1.82) is 0 Å². The van der Waals surface area contributed by atoms with Crippen LogP contribution in [-0.4, -0.2) is 29.7 Å². The maximum Gasteiger partial charge on any atom is 0.243 e. The molecule has 1 unspecified atom stereocenters. The molecule has 2 atom stereocenters. The van der Waals surface area contributed by atoms with Gasteiger partial charge < -0.3 is 10.6 Å². The Morgan fingerprint density at radius 2 is 1.41 bits per heavy atom. The predicted octanol–water partition coefficient (Wildman–Crippen LogP) is 2.29. The van der Waals surface area contributed by atoms with Gasteiger partial charge in [-0.2, -0.15) is 0 Å². The Labute approximate surface area is 134 Å². The van der Waals surface area contributed by atoms with Crippen molar-refractivity contribution in [2.75, 3.05) is 0 Å². The van der Waals surface area contributed by atoms with Gasteiger partial charge in [0, 0.05) is 12.3 Å². The number of nitrogens with one attached hydrogen (secondary N) is 2. The third kappa shape index (κ3) is 7.57. The normalized spacial score (nSPS) is 14.6. The van der Waals surface area contributed by atoms with Crippen LogP contribution in [0.3, 0.4) is 0 Å². The first kappa shape index (κ1) is 20.6. The predicted molar refractivity (Wildman–Crippen MR) is 88.3 cm³/mol. The molecule has 0 saturated carbocycles. The molecule has 0 rings (SSSR count). The monoisotopic (exact) mass is 312 g/mol. The molecule has 0 saturated heterocycles. The Morgan fingerprint density at radius 1 is 0.909 bits per heavy atom. The van der Waals surface area contributed by atoms with Crippen molar-refractivity contribution >= 4 is 17.6 Å². The summed E-state index contributed by atoms with van der Waals surface area (Å²) in [6, 6.07) is -1.18. The minimum atomic E-state index is -0.628. The molecule has 5 heteroatoms. The molecular weight excluding hydrogens is 280 g/mol.